The van der Waals surface area contributed by atoms with Crippen LogP contribution < -0.4 is 0 Å². The first-order chi connectivity index (χ1) is 1.73. The Bertz CT molecular complexity index is 8.00. The van der Waals surface area contributed by atoms with Gasteiger partial charge in [-0.2, -0.15) is 0 Å². The quantitative estimate of drug-likeness (QED) is 0.601. The minimum absolute atomic E-state index is 2.37. The Balaban J connectivity index is 2.32. The van der Waals surface area contributed by atoms with Crippen molar-refractivity contribution in [3.8, 4) is 0 Å². The van der Waals surface area contributed by atoms with Gasteiger partial charge in [0.2, 0.25) is 0 Å². The molecular weight excluding hydrogens is 307 g/mol. The van der Waals surface area contributed by atoms with Gasteiger partial charge in [-0.15, -0.1) is 0 Å². The van der Waals surface area contributed by atoms with Gasteiger partial charge in [0.1, 0.15) is 0 Å². The number of rotatable bonds is 0. The first-order valence-corrected chi connectivity index (χ1v) is 21.1. The van der Waals surface area contributed by atoms with E-state index in [1.165, 1.54) is 0 Å². The fourth-order valence-corrected chi connectivity index (χ4v) is 0. The fourth-order valence-electron chi connectivity index (χ4n) is 0. The zero-order valence-electron chi connectivity index (χ0n) is 1.84. The molecule has 0 aliphatic carbocycles. The van der Waals surface area contributed by atoms with Crippen LogP contribution in [0.3, 0.4) is 0 Å². The molecule has 23 valence electrons. The van der Waals surface area contributed by atoms with E-state index in [0.717, 1.165) is 0 Å². The molecule has 0 amide bonds. The van der Waals surface area contributed by atoms with Gasteiger partial charge in [0.05, 0.1) is 0 Å². The molecule has 0 aliphatic rings. The second kappa shape index (κ2) is 3.01. The molecule has 0 aliphatic heterocycles. The van der Waals surface area contributed by atoms with E-state index in [1.807, 2.05) is 0 Å². The van der Waals surface area contributed by atoms with Crippen molar-refractivity contribution in [3.05, 3.63) is 0 Å². The molecule has 0 N–H and O–H groups in total. The number of hydrogen-bond acceptors (Lipinski definition) is 0. The third-order valence-corrected chi connectivity index (χ3v) is 0. The molecule has 0 bridgehead atoms. The van der Waals surface area contributed by atoms with Crippen molar-refractivity contribution in [2.45, 2.75) is 0 Å². The van der Waals surface area contributed by atoms with Crippen LogP contribution in [0.4, 0.5) is 0 Å². The van der Waals surface area contributed by atoms with E-state index in [-0.39, 0.29) is 0 Å². The maximum atomic E-state index is 5.04. The summed E-state index contributed by atoms with van der Waals surface area (Å²) in [5, 5.41) is 0. The molecule has 0 aromatic rings. The van der Waals surface area contributed by atoms with Gasteiger partial charge in [0, 0.05) is 0 Å². The van der Waals surface area contributed by atoms with Gasteiger partial charge in [-0.3, -0.25) is 0 Å². The van der Waals surface area contributed by atoms with Crippen molar-refractivity contribution < 1.29 is 19.3 Å². The van der Waals surface area contributed by atoms with Crippen LogP contribution in [-0.2, 0) is 19.3 Å². The average Bonchev–Trinajstić information content (AvgIpc) is 0.811. The summed E-state index contributed by atoms with van der Waals surface area (Å²) in [4.78, 5) is 0. The van der Waals surface area contributed by atoms with E-state index in [9.17, 15) is 0 Å². The van der Waals surface area contributed by atoms with Crippen LogP contribution in [0, 0.1) is 0 Å². The fraction of sp³-hybridized carbons (Fsp3) is 0. The predicted molar refractivity (Wildman–Crippen MR) is 17.6 cm³/mol. The third-order valence-electron chi connectivity index (χ3n) is 0. The first kappa shape index (κ1) is 5.81. The Morgan fingerprint density at radius 1 is 1.00 bits per heavy atom. The molecule has 0 aromatic carbocycles. The Hall–Kier alpha value is 1.81. The predicted octanol–water partition coefficient (Wildman–Crippen LogP) is 2.07. The monoisotopic (exact) mass is 307 g/mol. The third kappa shape index (κ3) is 9.19. The normalized spacial score (nSPS) is 6.75. The molecule has 4 heavy (non-hydrogen) atoms. The van der Waals surface area contributed by atoms with Crippen molar-refractivity contribution in [1.29, 1.82) is 0 Å². The van der Waals surface area contributed by atoms with Gasteiger partial charge in [-0.05, 0) is 0 Å². The van der Waals surface area contributed by atoms with Crippen LogP contribution >= 0.6 is 24.7 Å². The molecule has 0 fully saturated rings. The summed E-state index contributed by atoms with van der Waals surface area (Å²) in [6.07, 6.45) is 0. The van der Waals surface area contributed by atoms with E-state index in [1.54, 1.807) is 0 Å². The summed E-state index contributed by atoms with van der Waals surface area (Å²) in [7, 11) is 15.1. The molecule has 0 radical (unpaired) electrons. The van der Waals surface area contributed by atoms with E-state index in [0.29, 0.717) is 0 Å². The summed E-state index contributed by atoms with van der Waals surface area (Å²) in [5.74, 6) is 0. The van der Waals surface area contributed by atoms with Crippen LogP contribution in [0.1, 0.15) is 0 Å². The van der Waals surface area contributed by atoms with Crippen LogP contribution in [-0.4, -0.2) is 0 Å². The van der Waals surface area contributed by atoms with E-state index in [2.05, 4.69) is 0 Å². The molecule has 0 saturated carbocycles. The zero-order valence-corrected chi connectivity index (χ0v) is 9.61. The zero-order chi connectivity index (χ0) is 3.58. The molecular formula is Cl3Hg. The molecule has 0 nitrogen and oxygen atoms in total. The van der Waals surface area contributed by atoms with Gasteiger partial charge in [-0.25, -0.2) is 0 Å². The molecule has 0 saturated heterocycles. The Morgan fingerprint density at radius 3 is 1.00 bits per heavy atom. The van der Waals surface area contributed by atoms with Gasteiger partial charge < -0.3 is 0 Å². The van der Waals surface area contributed by atoms with Crippen LogP contribution in [0.15, 0.2) is 0 Å². The van der Waals surface area contributed by atoms with Gasteiger partial charge in [-0.1, -0.05) is 0 Å². The molecule has 0 aromatic heterocycles. The van der Waals surface area contributed by atoms with Crippen molar-refractivity contribution in [3.63, 3.8) is 0 Å². The van der Waals surface area contributed by atoms with Gasteiger partial charge in [0.25, 0.3) is 0 Å². The van der Waals surface area contributed by atoms with Crippen molar-refractivity contribution in [2.75, 3.05) is 0 Å². The van der Waals surface area contributed by atoms with Gasteiger partial charge >= 0.3 is 44.1 Å². The second-order valence-electron chi connectivity index (χ2n) is 0.303. The Labute approximate surface area is 43.6 Å². The van der Waals surface area contributed by atoms with Crippen LogP contribution in [0.2, 0.25) is 0 Å². The summed E-state index contributed by atoms with van der Waals surface area (Å²) < 4.78 is 0. The van der Waals surface area contributed by atoms with Crippen LogP contribution in [0.25, 0.3) is 0 Å². The summed E-state index contributed by atoms with van der Waals surface area (Å²) >= 11 is -2.37. The number of halogens is 3. The van der Waals surface area contributed by atoms with Crippen molar-refractivity contribution in [2.24, 2.45) is 0 Å². The van der Waals surface area contributed by atoms with Gasteiger partial charge in [0.15, 0.2) is 0 Å². The Morgan fingerprint density at radius 2 is 1.00 bits per heavy atom. The first-order valence-electron chi connectivity index (χ1n) is 0.802. The van der Waals surface area contributed by atoms with Crippen LogP contribution in [0.5, 0.6) is 0 Å². The molecule has 0 unspecified atom stereocenters. The molecule has 0 atom stereocenters. The molecule has 4 heteroatoms. The summed E-state index contributed by atoms with van der Waals surface area (Å²) in [5.41, 5.74) is 0. The Kier molecular flexibility index (Phi) is 4.37. The number of hydrogen-bond donors (Lipinski definition) is 0. The summed E-state index contributed by atoms with van der Waals surface area (Å²) in [6, 6.07) is 0. The minimum atomic E-state index is -2.37. The average molecular weight is 307 g/mol. The van der Waals surface area contributed by atoms with E-state index in [4.69, 9.17) is 24.7 Å². The standard InChI is InChI=1S/3ClH.Hg/h3*1H;/q;;;+3/p-3. The maximum absolute atomic E-state index is 5.04. The van der Waals surface area contributed by atoms with E-state index < -0.39 is 19.3 Å². The molecule has 0 spiro atoms. The topological polar surface area (TPSA) is 0 Å². The summed E-state index contributed by atoms with van der Waals surface area (Å²) in [6.45, 7) is 0. The molecule has 0 heterocycles. The SMILES string of the molecule is [Cl][Hg]([Cl])[Cl]. The van der Waals surface area contributed by atoms with E-state index >= 15 is 0 Å². The molecule has 0 rings (SSSR count). The van der Waals surface area contributed by atoms with Crippen molar-refractivity contribution in [1.82, 2.24) is 0 Å². The van der Waals surface area contributed by atoms with Crippen molar-refractivity contribution >= 4 is 24.7 Å². The second-order valence-corrected chi connectivity index (χ2v) is 23.9.